The van der Waals surface area contributed by atoms with E-state index < -0.39 is 6.10 Å². The molecule has 1 atom stereocenters. The molecule has 0 spiro atoms. The molecule has 2 aromatic rings. The lowest BCUT2D eigenvalue weighted by molar-refractivity contribution is 0.105. The monoisotopic (exact) mass is 279 g/mol. The van der Waals surface area contributed by atoms with E-state index in [1.807, 2.05) is 6.92 Å². The molecule has 0 saturated heterocycles. The van der Waals surface area contributed by atoms with Gasteiger partial charge in [-0.25, -0.2) is 9.37 Å². The third-order valence-corrected chi connectivity index (χ3v) is 2.99. The number of aryl methyl sites for hydroxylation is 1. The molecule has 0 amide bonds. The number of halogens is 1. The van der Waals surface area contributed by atoms with Crippen LogP contribution in [0.3, 0.4) is 0 Å². The quantitative estimate of drug-likeness (QED) is 0.746. The van der Waals surface area contributed by atoms with Gasteiger partial charge in [0.05, 0.1) is 18.4 Å². The molecule has 0 saturated carbocycles. The average molecular weight is 279 g/mol. The minimum Gasteiger partial charge on any atom is -0.394 e. The lowest BCUT2D eigenvalue weighted by Crippen LogP contribution is -2.23. The maximum absolute atomic E-state index is 14.1. The van der Waals surface area contributed by atoms with Crippen molar-refractivity contribution in [1.29, 1.82) is 0 Å². The van der Waals surface area contributed by atoms with Crippen molar-refractivity contribution in [3.63, 3.8) is 0 Å². The zero-order valence-corrected chi connectivity index (χ0v) is 11.3. The van der Waals surface area contributed by atoms with Gasteiger partial charge in [0.25, 0.3) is 0 Å². The summed E-state index contributed by atoms with van der Waals surface area (Å²) in [5, 5.41) is 20.8. The van der Waals surface area contributed by atoms with E-state index in [1.54, 1.807) is 29.1 Å². The van der Waals surface area contributed by atoms with Gasteiger partial charge in [0.2, 0.25) is 0 Å². The van der Waals surface area contributed by atoms with Gasteiger partial charge in [-0.2, -0.15) is 0 Å². The van der Waals surface area contributed by atoms with Gasteiger partial charge < -0.3 is 20.1 Å². The average Bonchev–Trinajstić information content (AvgIpc) is 2.93. The first-order valence-corrected chi connectivity index (χ1v) is 6.50. The number of benzene rings is 1. The normalized spacial score (nSPS) is 12.4. The Kier molecular flexibility index (Phi) is 4.70. The van der Waals surface area contributed by atoms with E-state index in [4.69, 9.17) is 5.11 Å². The van der Waals surface area contributed by atoms with Gasteiger partial charge >= 0.3 is 0 Å². The Balaban J connectivity index is 2.18. The smallest absolute Gasteiger partial charge is 0.149 e. The summed E-state index contributed by atoms with van der Waals surface area (Å²) in [7, 11) is 0. The number of aliphatic hydroxyl groups is 2. The van der Waals surface area contributed by atoms with Gasteiger partial charge in [0.1, 0.15) is 11.6 Å². The minimum absolute atomic E-state index is 0.167. The number of aliphatic hydroxyl groups excluding tert-OH is 2. The molecule has 0 aliphatic carbocycles. The van der Waals surface area contributed by atoms with Crippen LogP contribution >= 0.6 is 0 Å². The summed E-state index contributed by atoms with van der Waals surface area (Å²) in [6, 6.07) is 4.74. The Morgan fingerprint density at radius 1 is 1.45 bits per heavy atom. The Morgan fingerprint density at radius 3 is 2.90 bits per heavy atom. The number of rotatable bonds is 6. The van der Waals surface area contributed by atoms with Crippen molar-refractivity contribution in [3.8, 4) is 5.69 Å². The molecule has 1 unspecified atom stereocenters. The summed E-state index contributed by atoms with van der Waals surface area (Å²) in [4.78, 5) is 4.17. The van der Waals surface area contributed by atoms with E-state index >= 15 is 0 Å². The zero-order chi connectivity index (χ0) is 14.5. The van der Waals surface area contributed by atoms with Gasteiger partial charge in [-0.05, 0) is 18.2 Å². The van der Waals surface area contributed by atoms with E-state index in [9.17, 15) is 9.50 Å². The maximum Gasteiger partial charge on any atom is 0.149 e. The number of hydrogen-bond donors (Lipinski definition) is 3. The van der Waals surface area contributed by atoms with Crippen molar-refractivity contribution in [1.82, 2.24) is 9.55 Å². The first-order valence-electron chi connectivity index (χ1n) is 6.50. The van der Waals surface area contributed by atoms with Crippen LogP contribution in [-0.2, 0) is 6.42 Å². The Labute approximate surface area is 116 Å². The second-order valence-corrected chi connectivity index (χ2v) is 4.45. The summed E-state index contributed by atoms with van der Waals surface area (Å²) in [6.07, 6.45) is 3.22. The van der Waals surface area contributed by atoms with E-state index in [0.29, 0.717) is 11.4 Å². The van der Waals surface area contributed by atoms with Crippen molar-refractivity contribution in [2.45, 2.75) is 19.4 Å². The third kappa shape index (κ3) is 3.15. The fraction of sp³-hybridized carbons (Fsp3) is 0.357. The number of aromatic nitrogens is 2. The van der Waals surface area contributed by atoms with E-state index in [1.165, 1.54) is 6.07 Å². The number of imidazole rings is 1. The van der Waals surface area contributed by atoms with Crippen LogP contribution in [0.5, 0.6) is 0 Å². The predicted molar refractivity (Wildman–Crippen MR) is 74.5 cm³/mol. The number of nitrogens with one attached hydrogen (secondary N) is 1. The second kappa shape index (κ2) is 6.49. The molecular weight excluding hydrogens is 261 g/mol. The summed E-state index contributed by atoms with van der Waals surface area (Å²) in [5.41, 5.74) is 0.990. The van der Waals surface area contributed by atoms with Gasteiger partial charge in [-0.15, -0.1) is 0 Å². The summed E-state index contributed by atoms with van der Waals surface area (Å²) in [5.74, 6) is 0.418. The minimum atomic E-state index is -0.863. The predicted octanol–water partition coefficient (Wildman–Crippen LogP) is 1.34. The standard InChI is InChI=1S/C14H18FN3O2/c1-2-14-16-5-6-18(14)13-4-3-10(7-12(13)15)17-8-11(20)9-19/h3-7,11,17,19-20H,2,8-9H2,1H3. The zero-order valence-electron chi connectivity index (χ0n) is 11.3. The highest BCUT2D eigenvalue weighted by molar-refractivity contribution is 5.50. The molecule has 6 heteroatoms. The lowest BCUT2D eigenvalue weighted by Gasteiger charge is -2.12. The van der Waals surface area contributed by atoms with Crippen LogP contribution in [0.1, 0.15) is 12.7 Å². The lowest BCUT2D eigenvalue weighted by atomic mass is 10.2. The number of anilines is 1. The first-order chi connectivity index (χ1) is 9.65. The van der Waals surface area contributed by atoms with Crippen molar-refractivity contribution in [2.75, 3.05) is 18.5 Å². The van der Waals surface area contributed by atoms with Crippen molar-refractivity contribution < 1.29 is 14.6 Å². The largest absolute Gasteiger partial charge is 0.394 e. The second-order valence-electron chi connectivity index (χ2n) is 4.45. The summed E-state index contributed by atoms with van der Waals surface area (Å²) in [6.45, 7) is 1.80. The molecule has 3 N–H and O–H groups in total. The molecule has 0 aliphatic heterocycles. The summed E-state index contributed by atoms with van der Waals surface area (Å²) >= 11 is 0. The molecule has 0 aliphatic rings. The molecule has 0 bridgehead atoms. The molecule has 1 aromatic heterocycles. The van der Waals surface area contributed by atoms with Gasteiger partial charge in [0.15, 0.2) is 0 Å². The fourth-order valence-electron chi connectivity index (χ4n) is 1.93. The van der Waals surface area contributed by atoms with Crippen LogP contribution in [0.15, 0.2) is 30.6 Å². The molecule has 5 nitrogen and oxygen atoms in total. The Hall–Kier alpha value is -1.92. The fourth-order valence-corrected chi connectivity index (χ4v) is 1.93. The van der Waals surface area contributed by atoms with Crippen LogP contribution in [0, 0.1) is 5.82 Å². The van der Waals surface area contributed by atoms with Gasteiger partial charge in [-0.3, -0.25) is 0 Å². The van der Waals surface area contributed by atoms with Crippen LogP contribution in [0.2, 0.25) is 0 Å². The van der Waals surface area contributed by atoms with Crippen molar-refractivity contribution in [2.24, 2.45) is 0 Å². The van der Waals surface area contributed by atoms with Gasteiger partial charge in [-0.1, -0.05) is 6.92 Å². The molecule has 108 valence electrons. The molecule has 0 radical (unpaired) electrons. The topological polar surface area (TPSA) is 70.3 Å². The van der Waals surface area contributed by atoms with Crippen molar-refractivity contribution in [3.05, 3.63) is 42.2 Å². The highest BCUT2D eigenvalue weighted by atomic mass is 19.1. The van der Waals surface area contributed by atoms with Gasteiger partial charge in [0, 0.05) is 31.0 Å². The van der Waals surface area contributed by atoms with E-state index in [-0.39, 0.29) is 19.0 Å². The Morgan fingerprint density at radius 2 is 2.25 bits per heavy atom. The first kappa shape index (κ1) is 14.5. The molecule has 2 rings (SSSR count). The van der Waals surface area contributed by atoms with Crippen LogP contribution in [0.25, 0.3) is 5.69 Å². The number of hydrogen-bond acceptors (Lipinski definition) is 4. The van der Waals surface area contributed by atoms with Crippen molar-refractivity contribution >= 4 is 5.69 Å². The highest BCUT2D eigenvalue weighted by Gasteiger charge is 2.09. The molecule has 0 fully saturated rings. The Bertz CT molecular complexity index is 571. The molecule has 20 heavy (non-hydrogen) atoms. The van der Waals surface area contributed by atoms with E-state index in [0.717, 1.165) is 12.2 Å². The number of nitrogens with zero attached hydrogens (tertiary/aromatic N) is 2. The maximum atomic E-state index is 14.1. The summed E-state index contributed by atoms with van der Waals surface area (Å²) < 4.78 is 15.8. The van der Waals surface area contributed by atoms with Crippen LogP contribution in [-0.4, -0.2) is 39.0 Å². The molecule has 1 aromatic carbocycles. The molecule has 1 heterocycles. The molecular formula is C14H18FN3O2. The van der Waals surface area contributed by atoms with Crippen LogP contribution in [0.4, 0.5) is 10.1 Å². The van der Waals surface area contributed by atoms with E-state index in [2.05, 4.69) is 10.3 Å². The third-order valence-electron chi connectivity index (χ3n) is 2.99. The highest BCUT2D eigenvalue weighted by Crippen LogP contribution is 2.19. The van der Waals surface area contributed by atoms with Crippen LogP contribution < -0.4 is 5.32 Å². The SMILES string of the molecule is CCc1nccn1-c1ccc(NCC(O)CO)cc1F.